The van der Waals surface area contributed by atoms with Crippen molar-refractivity contribution in [3.63, 3.8) is 0 Å². The molecule has 0 unspecified atom stereocenters. The zero-order chi connectivity index (χ0) is 18.5. The molecule has 1 saturated carbocycles. The first kappa shape index (κ1) is 18.8. The Morgan fingerprint density at radius 1 is 0.852 bits per heavy atom. The molecule has 0 N–H and O–H groups in total. The molecule has 4 nitrogen and oxygen atoms in total. The van der Waals surface area contributed by atoms with Crippen LogP contribution in [-0.4, -0.2) is 61.0 Å². The fraction of sp³-hybridized carbons (Fsp3) is 0.696. The molecule has 3 fully saturated rings. The van der Waals surface area contributed by atoms with Gasteiger partial charge in [0.1, 0.15) is 0 Å². The minimum absolute atomic E-state index is 0.411. The van der Waals surface area contributed by atoms with Gasteiger partial charge >= 0.3 is 0 Å². The number of likely N-dealkylation sites (tertiary alicyclic amines) is 1. The highest BCUT2D eigenvalue weighted by Gasteiger charge is 2.29. The summed E-state index contributed by atoms with van der Waals surface area (Å²) in [6.07, 6.45) is 9.67. The SMILES string of the molecule is O=C(CCC1CCCC1)N1CCC(N2CCN(c3ccccc3)CC2)CC1. The maximum atomic E-state index is 12.5. The van der Waals surface area contributed by atoms with Crippen molar-refractivity contribution in [3.05, 3.63) is 30.3 Å². The molecule has 3 aliphatic rings. The molecule has 4 rings (SSSR count). The van der Waals surface area contributed by atoms with E-state index in [9.17, 15) is 4.79 Å². The van der Waals surface area contributed by atoms with Gasteiger partial charge in [-0.15, -0.1) is 0 Å². The lowest BCUT2D eigenvalue weighted by atomic mass is 9.99. The number of hydrogen-bond acceptors (Lipinski definition) is 3. The summed E-state index contributed by atoms with van der Waals surface area (Å²) >= 11 is 0. The molecule has 0 spiro atoms. The van der Waals surface area contributed by atoms with E-state index in [0.29, 0.717) is 11.9 Å². The molecule has 27 heavy (non-hydrogen) atoms. The first-order valence-corrected chi connectivity index (χ1v) is 11.1. The number of benzene rings is 1. The maximum Gasteiger partial charge on any atom is 0.222 e. The van der Waals surface area contributed by atoms with Crippen molar-refractivity contribution in [2.45, 2.75) is 57.4 Å². The van der Waals surface area contributed by atoms with Gasteiger partial charge < -0.3 is 9.80 Å². The quantitative estimate of drug-likeness (QED) is 0.790. The van der Waals surface area contributed by atoms with Gasteiger partial charge in [0.25, 0.3) is 0 Å². The van der Waals surface area contributed by atoms with Crippen molar-refractivity contribution in [3.8, 4) is 0 Å². The van der Waals surface area contributed by atoms with E-state index >= 15 is 0 Å². The van der Waals surface area contributed by atoms with Gasteiger partial charge in [-0.3, -0.25) is 9.69 Å². The number of nitrogens with zero attached hydrogens (tertiary/aromatic N) is 3. The minimum Gasteiger partial charge on any atom is -0.369 e. The summed E-state index contributed by atoms with van der Waals surface area (Å²) in [5.74, 6) is 1.24. The first-order chi connectivity index (χ1) is 13.3. The molecule has 0 aromatic heterocycles. The van der Waals surface area contributed by atoms with E-state index in [-0.39, 0.29) is 0 Å². The van der Waals surface area contributed by atoms with Crippen molar-refractivity contribution in [2.75, 3.05) is 44.2 Å². The van der Waals surface area contributed by atoms with Crippen LogP contribution in [0.5, 0.6) is 0 Å². The van der Waals surface area contributed by atoms with E-state index in [1.807, 2.05) is 0 Å². The van der Waals surface area contributed by atoms with E-state index < -0.39 is 0 Å². The molecular weight excluding hydrogens is 334 g/mol. The number of anilines is 1. The standard InChI is InChI=1S/C23H35N3O/c27-23(11-10-20-6-4-5-7-20)26-14-12-22(13-15-26)25-18-16-24(17-19-25)21-8-2-1-3-9-21/h1-3,8-9,20,22H,4-7,10-19H2. The highest BCUT2D eigenvalue weighted by Crippen LogP contribution is 2.29. The van der Waals surface area contributed by atoms with Crippen LogP contribution in [0, 0.1) is 5.92 Å². The van der Waals surface area contributed by atoms with E-state index in [1.54, 1.807) is 0 Å². The number of piperidine rings is 1. The van der Waals surface area contributed by atoms with Crippen LogP contribution in [0.4, 0.5) is 5.69 Å². The number of rotatable bonds is 5. The number of carbonyl (C=O) groups excluding carboxylic acids is 1. The van der Waals surface area contributed by atoms with Gasteiger partial charge in [-0.05, 0) is 37.3 Å². The summed E-state index contributed by atoms with van der Waals surface area (Å²) in [6, 6.07) is 11.4. The third-order valence-electron chi connectivity index (χ3n) is 7.01. The predicted octanol–water partition coefficient (Wildman–Crippen LogP) is 3.77. The Bertz CT molecular complexity index is 583. The molecule has 1 aromatic rings. The molecule has 1 aliphatic carbocycles. The highest BCUT2D eigenvalue weighted by molar-refractivity contribution is 5.76. The summed E-state index contributed by atoms with van der Waals surface area (Å²) in [4.78, 5) is 19.9. The molecule has 0 bridgehead atoms. The molecule has 0 atom stereocenters. The van der Waals surface area contributed by atoms with Crippen LogP contribution in [0.3, 0.4) is 0 Å². The Labute approximate surface area is 164 Å². The monoisotopic (exact) mass is 369 g/mol. The Hall–Kier alpha value is -1.55. The highest BCUT2D eigenvalue weighted by atomic mass is 16.2. The van der Waals surface area contributed by atoms with Crippen molar-refractivity contribution in [1.29, 1.82) is 0 Å². The average molecular weight is 370 g/mol. The molecule has 1 aromatic carbocycles. The molecule has 2 heterocycles. The van der Waals surface area contributed by atoms with Gasteiger partial charge in [0.05, 0.1) is 0 Å². The van der Waals surface area contributed by atoms with E-state index in [2.05, 4.69) is 45.0 Å². The molecule has 0 radical (unpaired) electrons. The van der Waals surface area contributed by atoms with Crippen molar-refractivity contribution in [1.82, 2.24) is 9.80 Å². The Balaban J connectivity index is 1.18. The average Bonchev–Trinajstić information content (AvgIpc) is 3.27. The molecular formula is C23H35N3O. The van der Waals surface area contributed by atoms with E-state index in [4.69, 9.17) is 0 Å². The van der Waals surface area contributed by atoms with E-state index in [0.717, 1.165) is 70.9 Å². The van der Waals surface area contributed by atoms with Crippen LogP contribution in [-0.2, 0) is 4.79 Å². The van der Waals surface area contributed by atoms with Crippen LogP contribution in [0.2, 0.25) is 0 Å². The molecule has 1 amide bonds. The van der Waals surface area contributed by atoms with Crippen LogP contribution in [0.15, 0.2) is 30.3 Å². The Kier molecular flexibility index (Phi) is 6.33. The fourth-order valence-electron chi connectivity index (χ4n) is 5.25. The zero-order valence-corrected chi connectivity index (χ0v) is 16.7. The number of amides is 1. The number of hydrogen-bond donors (Lipinski definition) is 0. The molecule has 2 saturated heterocycles. The van der Waals surface area contributed by atoms with Gasteiger partial charge in [0, 0.05) is 57.4 Å². The number of carbonyl (C=O) groups is 1. The zero-order valence-electron chi connectivity index (χ0n) is 16.7. The maximum absolute atomic E-state index is 12.5. The van der Waals surface area contributed by atoms with Gasteiger partial charge in [-0.1, -0.05) is 43.9 Å². The van der Waals surface area contributed by atoms with Gasteiger partial charge in [-0.2, -0.15) is 0 Å². The summed E-state index contributed by atoms with van der Waals surface area (Å²) < 4.78 is 0. The van der Waals surface area contributed by atoms with Gasteiger partial charge in [0.15, 0.2) is 0 Å². The lowest BCUT2D eigenvalue weighted by Crippen LogP contribution is -2.53. The third-order valence-corrected chi connectivity index (χ3v) is 7.01. The van der Waals surface area contributed by atoms with Gasteiger partial charge in [0.2, 0.25) is 5.91 Å². The Morgan fingerprint density at radius 2 is 1.52 bits per heavy atom. The lowest BCUT2D eigenvalue weighted by Gasteiger charge is -2.43. The molecule has 148 valence electrons. The van der Waals surface area contributed by atoms with Crippen molar-refractivity contribution in [2.24, 2.45) is 5.92 Å². The summed E-state index contributed by atoms with van der Waals surface area (Å²) in [5.41, 5.74) is 1.35. The van der Waals surface area contributed by atoms with Crippen molar-refractivity contribution < 1.29 is 4.79 Å². The van der Waals surface area contributed by atoms with Crippen molar-refractivity contribution >= 4 is 11.6 Å². The minimum atomic E-state index is 0.411. The van der Waals surface area contributed by atoms with Crippen LogP contribution in [0.25, 0.3) is 0 Å². The summed E-state index contributed by atoms with van der Waals surface area (Å²) in [7, 11) is 0. The lowest BCUT2D eigenvalue weighted by molar-refractivity contribution is -0.133. The fourth-order valence-corrected chi connectivity index (χ4v) is 5.25. The second kappa shape index (κ2) is 9.09. The van der Waals surface area contributed by atoms with Crippen LogP contribution >= 0.6 is 0 Å². The van der Waals surface area contributed by atoms with E-state index in [1.165, 1.54) is 31.4 Å². The first-order valence-electron chi connectivity index (χ1n) is 11.1. The smallest absolute Gasteiger partial charge is 0.222 e. The van der Waals surface area contributed by atoms with Gasteiger partial charge in [-0.25, -0.2) is 0 Å². The third kappa shape index (κ3) is 4.84. The largest absolute Gasteiger partial charge is 0.369 e. The second-order valence-electron chi connectivity index (χ2n) is 8.66. The Morgan fingerprint density at radius 3 is 2.19 bits per heavy atom. The molecule has 2 aliphatic heterocycles. The summed E-state index contributed by atoms with van der Waals surface area (Å²) in [6.45, 7) is 6.46. The second-order valence-corrected chi connectivity index (χ2v) is 8.66. The topological polar surface area (TPSA) is 26.8 Å². The number of piperazine rings is 1. The number of para-hydroxylation sites is 1. The predicted molar refractivity (Wildman–Crippen MR) is 111 cm³/mol. The van der Waals surface area contributed by atoms with Crippen LogP contribution < -0.4 is 4.90 Å². The summed E-state index contributed by atoms with van der Waals surface area (Å²) in [5, 5.41) is 0. The normalized spacial score (nSPS) is 23.1. The molecule has 4 heteroatoms. The van der Waals surface area contributed by atoms with Crippen LogP contribution in [0.1, 0.15) is 51.4 Å².